The van der Waals surface area contributed by atoms with Crippen molar-refractivity contribution in [3.8, 4) is 0 Å². The van der Waals surface area contributed by atoms with Gasteiger partial charge in [-0.1, -0.05) is 48.5 Å². The number of hydrogen-bond donors (Lipinski definition) is 2. The van der Waals surface area contributed by atoms with Crippen LogP contribution in [0.3, 0.4) is 0 Å². The number of nitrogens with one attached hydrogen (secondary N) is 2. The molecule has 0 aliphatic heterocycles. The van der Waals surface area contributed by atoms with Gasteiger partial charge in [-0.2, -0.15) is 10.2 Å². The average molecular weight is 508 g/mol. The van der Waals surface area contributed by atoms with Crippen LogP contribution in [0.25, 0.3) is 0 Å². The maximum atomic E-state index is 11.4. The Morgan fingerprint density at radius 3 is 1.53 bits per heavy atom. The van der Waals surface area contributed by atoms with Gasteiger partial charge in [0.25, 0.3) is 5.69 Å². The fourth-order valence-electron chi connectivity index (χ4n) is 4.92. The first kappa shape index (κ1) is 24.8. The minimum Gasteiger partial charge on any atom is -0.340 e. The first-order valence-electron chi connectivity index (χ1n) is 12.3. The molecule has 0 radical (unpaired) electrons. The summed E-state index contributed by atoms with van der Waals surface area (Å²) >= 11 is 0. The number of nitro groups is 1. The molecular weight excluding hydrogens is 478 g/mol. The van der Waals surface area contributed by atoms with Crippen LogP contribution in [0.1, 0.15) is 34.0 Å². The largest absolute Gasteiger partial charge is 0.340 e. The van der Waals surface area contributed by atoms with E-state index in [0.717, 1.165) is 51.1 Å². The lowest BCUT2D eigenvalue weighted by molar-refractivity contribution is -0.384. The van der Waals surface area contributed by atoms with Crippen LogP contribution >= 0.6 is 0 Å². The first-order chi connectivity index (χ1) is 18.3. The van der Waals surface area contributed by atoms with Crippen molar-refractivity contribution < 1.29 is 4.92 Å². The molecule has 0 saturated heterocycles. The van der Waals surface area contributed by atoms with Crippen LogP contribution in [0.2, 0.25) is 0 Å². The van der Waals surface area contributed by atoms with E-state index in [0.29, 0.717) is 0 Å². The molecule has 9 heteroatoms. The Balaban J connectivity index is 1.73. The number of rotatable bonds is 8. The predicted molar refractivity (Wildman–Crippen MR) is 149 cm³/mol. The maximum Gasteiger partial charge on any atom is 0.269 e. The Labute approximate surface area is 220 Å². The molecule has 2 heterocycles. The summed E-state index contributed by atoms with van der Waals surface area (Å²) < 4.78 is 3.68. The van der Waals surface area contributed by atoms with E-state index >= 15 is 0 Å². The number of nitrogens with zero attached hydrogens (tertiary/aromatic N) is 5. The summed E-state index contributed by atoms with van der Waals surface area (Å²) in [5.41, 5.74) is 6.45. The van der Waals surface area contributed by atoms with Gasteiger partial charge in [0.15, 0.2) is 0 Å². The summed E-state index contributed by atoms with van der Waals surface area (Å²) in [5.74, 6) is 1.37. The second kappa shape index (κ2) is 10.2. The number of benzene rings is 3. The Morgan fingerprint density at radius 1 is 0.711 bits per heavy atom. The molecule has 0 aliphatic carbocycles. The number of para-hydroxylation sites is 2. The van der Waals surface area contributed by atoms with Crippen molar-refractivity contribution in [3.63, 3.8) is 0 Å². The molecule has 5 rings (SSSR count). The minimum absolute atomic E-state index is 0.0450. The van der Waals surface area contributed by atoms with E-state index in [4.69, 9.17) is 10.2 Å². The number of anilines is 4. The third-order valence-corrected chi connectivity index (χ3v) is 6.62. The molecule has 0 aliphatic rings. The number of non-ortho nitro benzene ring substituents is 1. The van der Waals surface area contributed by atoms with Gasteiger partial charge < -0.3 is 10.6 Å². The van der Waals surface area contributed by atoms with Crippen molar-refractivity contribution in [1.29, 1.82) is 0 Å². The second-order valence-corrected chi connectivity index (χ2v) is 9.21. The molecule has 2 N–H and O–H groups in total. The van der Waals surface area contributed by atoms with Crippen LogP contribution in [0.5, 0.6) is 0 Å². The van der Waals surface area contributed by atoms with Crippen molar-refractivity contribution in [1.82, 2.24) is 19.6 Å². The van der Waals surface area contributed by atoms with Gasteiger partial charge in [-0.15, -0.1) is 0 Å². The van der Waals surface area contributed by atoms with E-state index in [-0.39, 0.29) is 16.5 Å². The highest BCUT2D eigenvalue weighted by atomic mass is 16.6. The van der Waals surface area contributed by atoms with Gasteiger partial charge in [0.2, 0.25) is 0 Å². The predicted octanol–water partition coefficient (Wildman–Crippen LogP) is 6.35. The van der Waals surface area contributed by atoms with E-state index in [1.807, 2.05) is 110 Å². The summed E-state index contributed by atoms with van der Waals surface area (Å²) in [6, 6.07) is 26.6. The molecule has 2 aromatic heterocycles. The Hall–Kier alpha value is -4.92. The summed E-state index contributed by atoms with van der Waals surface area (Å²) in [7, 11) is 3.82. The average Bonchev–Trinajstić information content (AvgIpc) is 3.34. The van der Waals surface area contributed by atoms with Gasteiger partial charge in [-0.05, 0) is 43.7 Å². The highest BCUT2D eigenvalue weighted by molar-refractivity contribution is 5.70. The maximum absolute atomic E-state index is 11.4. The van der Waals surface area contributed by atoms with Crippen LogP contribution in [-0.4, -0.2) is 24.5 Å². The lowest BCUT2D eigenvalue weighted by Gasteiger charge is -2.22. The Kier molecular flexibility index (Phi) is 6.66. The molecule has 0 unspecified atom stereocenters. The smallest absolute Gasteiger partial charge is 0.269 e. The zero-order valence-electron chi connectivity index (χ0n) is 21.7. The fraction of sp³-hybridized carbons (Fsp3) is 0.172. The zero-order valence-corrected chi connectivity index (χ0v) is 21.7. The zero-order chi connectivity index (χ0) is 26.8. The summed E-state index contributed by atoms with van der Waals surface area (Å²) in [4.78, 5) is 11.0. The lowest BCUT2D eigenvalue weighted by Crippen LogP contribution is -2.11. The molecule has 38 heavy (non-hydrogen) atoms. The number of nitro benzene ring substituents is 1. The fourth-order valence-corrected chi connectivity index (χ4v) is 4.92. The molecule has 0 bridgehead atoms. The van der Waals surface area contributed by atoms with E-state index < -0.39 is 0 Å². The summed E-state index contributed by atoms with van der Waals surface area (Å²) in [6.07, 6.45) is 0. The number of aryl methyl sites for hydroxylation is 4. The minimum atomic E-state index is -0.381. The quantitative estimate of drug-likeness (QED) is 0.187. The van der Waals surface area contributed by atoms with Gasteiger partial charge in [0, 0.05) is 54.6 Å². The molecule has 9 nitrogen and oxygen atoms in total. The topological polar surface area (TPSA) is 103 Å². The van der Waals surface area contributed by atoms with Crippen molar-refractivity contribution in [2.24, 2.45) is 14.1 Å². The highest BCUT2D eigenvalue weighted by Crippen LogP contribution is 2.44. The van der Waals surface area contributed by atoms with Gasteiger partial charge in [0.05, 0.1) is 16.3 Å². The lowest BCUT2D eigenvalue weighted by atomic mass is 9.84. The van der Waals surface area contributed by atoms with Gasteiger partial charge in [-0.25, -0.2) is 0 Å². The molecule has 192 valence electrons. The van der Waals surface area contributed by atoms with Gasteiger partial charge >= 0.3 is 0 Å². The normalized spacial score (nSPS) is 11.1. The first-order valence-corrected chi connectivity index (χ1v) is 12.3. The summed E-state index contributed by atoms with van der Waals surface area (Å²) in [6.45, 7) is 3.97. The van der Waals surface area contributed by atoms with Gasteiger partial charge in [-0.3, -0.25) is 19.5 Å². The Bertz CT molecular complexity index is 1480. The van der Waals surface area contributed by atoms with E-state index in [2.05, 4.69) is 10.6 Å². The third-order valence-electron chi connectivity index (χ3n) is 6.62. The van der Waals surface area contributed by atoms with Crippen molar-refractivity contribution in [2.75, 3.05) is 10.6 Å². The van der Waals surface area contributed by atoms with Crippen LogP contribution in [0.4, 0.5) is 28.7 Å². The van der Waals surface area contributed by atoms with E-state index in [9.17, 15) is 10.1 Å². The Morgan fingerprint density at radius 2 is 1.13 bits per heavy atom. The molecule has 5 aromatic rings. The second-order valence-electron chi connectivity index (χ2n) is 9.21. The molecule has 0 spiro atoms. The molecule has 0 fully saturated rings. The monoisotopic (exact) mass is 507 g/mol. The molecule has 3 aromatic carbocycles. The van der Waals surface area contributed by atoms with Crippen molar-refractivity contribution >= 4 is 28.7 Å². The van der Waals surface area contributed by atoms with E-state index in [1.165, 1.54) is 0 Å². The molecule has 0 saturated carbocycles. The van der Waals surface area contributed by atoms with Gasteiger partial charge in [0.1, 0.15) is 11.6 Å². The van der Waals surface area contributed by atoms with Crippen LogP contribution in [0.15, 0.2) is 84.9 Å². The molecular formula is C29H29N7O2. The van der Waals surface area contributed by atoms with E-state index in [1.54, 1.807) is 12.1 Å². The number of aromatic nitrogens is 4. The summed E-state index contributed by atoms with van der Waals surface area (Å²) in [5, 5.41) is 28.1. The molecule has 0 amide bonds. The van der Waals surface area contributed by atoms with Crippen LogP contribution < -0.4 is 10.6 Å². The standard InChI is InChI=1S/C29H29N7O2/c1-19-25(28(34(3)32-19)30-22-11-7-5-8-12-22)27(21-15-17-24(18-16-21)36(37)38)26-20(2)33-35(4)29(26)31-23-13-9-6-10-14-23/h5-18,27,30-31H,1-4H3. The highest BCUT2D eigenvalue weighted by Gasteiger charge is 2.32. The van der Waals surface area contributed by atoms with Crippen molar-refractivity contribution in [3.05, 3.63) is 123 Å². The number of hydrogen-bond acceptors (Lipinski definition) is 6. The SMILES string of the molecule is Cc1nn(C)c(Nc2ccccc2)c1C(c1ccc([N+](=O)[O-])cc1)c1c(C)nn(C)c1Nc1ccccc1. The van der Waals surface area contributed by atoms with Crippen LogP contribution in [0, 0.1) is 24.0 Å². The van der Waals surface area contributed by atoms with Crippen molar-refractivity contribution in [2.45, 2.75) is 19.8 Å². The van der Waals surface area contributed by atoms with Crippen LogP contribution in [-0.2, 0) is 14.1 Å². The molecule has 0 atom stereocenters. The third kappa shape index (κ3) is 4.73.